The van der Waals surface area contributed by atoms with Crippen molar-refractivity contribution in [1.29, 1.82) is 0 Å². The third kappa shape index (κ3) is 15.4. The van der Waals surface area contributed by atoms with E-state index in [2.05, 4.69) is 25.7 Å². The van der Waals surface area contributed by atoms with Crippen LogP contribution in [0.1, 0.15) is 84.0 Å². The highest BCUT2D eigenvalue weighted by Crippen LogP contribution is 2.19. The number of unbranched alkanes of at least 4 members (excludes halogenated alkanes) is 8. The number of aliphatic carboxylic acids is 1. The highest BCUT2D eigenvalue weighted by Gasteiger charge is 2.15. The van der Waals surface area contributed by atoms with Crippen LogP contribution in [-0.4, -0.2) is 11.1 Å². The standard InChI is InChI=1S/C21H36O2/c1-3-5-7-9-10-11-12-13-14-15-17-19-20(21(22)23)18-16-8-6-4-2/h3,5,7,9-10,20H,1,4,6,8,11-19H2,2H3,(H,22,23). The molecule has 0 heterocycles. The summed E-state index contributed by atoms with van der Waals surface area (Å²) in [5.74, 6) is -0.717. The van der Waals surface area contributed by atoms with Gasteiger partial charge in [0, 0.05) is 0 Å². The summed E-state index contributed by atoms with van der Waals surface area (Å²) in [5, 5.41) is 9.27. The third-order valence-corrected chi connectivity index (χ3v) is 4.17. The van der Waals surface area contributed by atoms with Crippen LogP contribution in [0.5, 0.6) is 0 Å². The van der Waals surface area contributed by atoms with Gasteiger partial charge in [0.1, 0.15) is 0 Å². The van der Waals surface area contributed by atoms with Gasteiger partial charge in [-0.15, -0.1) is 0 Å². The maximum Gasteiger partial charge on any atom is 0.306 e. The molecule has 0 aliphatic carbocycles. The Kier molecular flexibility index (Phi) is 16.1. The van der Waals surface area contributed by atoms with E-state index in [1.54, 1.807) is 6.08 Å². The summed E-state index contributed by atoms with van der Waals surface area (Å²) in [4.78, 5) is 11.3. The predicted octanol–water partition coefficient (Wildman–Crippen LogP) is 6.69. The van der Waals surface area contributed by atoms with Crippen LogP contribution in [0.4, 0.5) is 0 Å². The zero-order chi connectivity index (χ0) is 17.2. The van der Waals surface area contributed by atoms with Gasteiger partial charge in [-0.05, 0) is 25.7 Å². The topological polar surface area (TPSA) is 37.3 Å². The van der Waals surface area contributed by atoms with E-state index < -0.39 is 5.97 Å². The fourth-order valence-corrected chi connectivity index (χ4v) is 2.71. The summed E-state index contributed by atoms with van der Waals surface area (Å²) in [7, 11) is 0. The van der Waals surface area contributed by atoms with Crippen LogP contribution in [0.2, 0.25) is 0 Å². The van der Waals surface area contributed by atoms with Crippen molar-refractivity contribution in [3.63, 3.8) is 0 Å². The van der Waals surface area contributed by atoms with Crippen molar-refractivity contribution < 1.29 is 9.90 Å². The molecule has 0 rings (SSSR count). The lowest BCUT2D eigenvalue weighted by Crippen LogP contribution is -2.13. The third-order valence-electron chi connectivity index (χ3n) is 4.17. The molecule has 0 spiro atoms. The van der Waals surface area contributed by atoms with E-state index in [4.69, 9.17) is 0 Å². The minimum atomic E-state index is -0.598. The molecular weight excluding hydrogens is 284 g/mol. The van der Waals surface area contributed by atoms with Gasteiger partial charge in [-0.2, -0.15) is 0 Å². The van der Waals surface area contributed by atoms with E-state index in [1.807, 2.05) is 12.2 Å². The van der Waals surface area contributed by atoms with E-state index in [1.165, 1.54) is 44.9 Å². The molecule has 0 amide bonds. The van der Waals surface area contributed by atoms with Crippen LogP contribution in [0, 0.1) is 5.92 Å². The number of rotatable bonds is 16. The molecule has 1 unspecified atom stereocenters. The maximum atomic E-state index is 11.3. The molecule has 0 bridgehead atoms. The number of hydrogen-bond acceptors (Lipinski definition) is 1. The molecule has 0 aliphatic heterocycles. The molecule has 0 saturated carbocycles. The molecule has 0 radical (unpaired) electrons. The van der Waals surface area contributed by atoms with Gasteiger partial charge in [0.25, 0.3) is 0 Å². The first kappa shape index (κ1) is 21.7. The lowest BCUT2D eigenvalue weighted by Gasteiger charge is -2.11. The van der Waals surface area contributed by atoms with E-state index >= 15 is 0 Å². The van der Waals surface area contributed by atoms with Crippen molar-refractivity contribution in [2.75, 3.05) is 0 Å². The highest BCUT2D eigenvalue weighted by molar-refractivity contribution is 5.69. The lowest BCUT2D eigenvalue weighted by molar-refractivity contribution is -0.142. The van der Waals surface area contributed by atoms with Crippen molar-refractivity contribution >= 4 is 5.97 Å². The minimum absolute atomic E-state index is 0.119. The molecule has 2 nitrogen and oxygen atoms in total. The zero-order valence-electron chi connectivity index (χ0n) is 15.0. The Morgan fingerprint density at radius 3 is 2.13 bits per heavy atom. The molecule has 0 aromatic rings. The molecule has 23 heavy (non-hydrogen) atoms. The number of carboxylic acid groups (broad SMARTS) is 1. The Balaban J connectivity index is 3.55. The molecule has 132 valence electrons. The lowest BCUT2D eigenvalue weighted by atomic mass is 9.94. The first-order valence-corrected chi connectivity index (χ1v) is 9.39. The van der Waals surface area contributed by atoms with Gasteiger partial charge in [0.15, 0.2) is 0 Å². The Bertz CT molecular complexity index is 342. The van der Waals surface area contributed by atoms with Crippen LogP contribution < -0.4 is 0 Å². The predicted molar refractivity (Wildman–Crippen MR) is 101 cm³/mol. The summed E-state index contributed by atoms with van der Waals surface area (Å²) in [5.41, 5.74) is 0. The first-order chi connectivity index (χ1) is 11.2. The Labute approximate surface area is 143 Å². The fraction of sp³-hybridized carbons (Fsp3) is 0.667. The highest BCUT2D eigenvalue weighted by atomic mass is 16.4. The molecule has 0 aliphatic rings. The molecule has 0 aromatic heterocycles. The molecule has 1 N–H and O–H groups in total. The van der Waals surface area contributed by atoms with Gasteiger partial charge in [-0.3, -0.25) is 4.79 Å². The van der Waals surface area contributed by atoms with Gasteiger partial charge in [0.05, 0.1) is 5.92 Å². The second-order valence-corrected chi connectivity index (χ2v) is 6.28. The molecular formula is C21H36O2. The number of allylic oxidation sites excluding steroid dienone is 5. The molecule has 1 atom stereocenters. The first-order valence-electron chi connectivity index (χ1n) is 9.39. The molecule has 0 saturated heterocycles. The van der Waals surface area contributed by atoms with Gasteiger partial charge in [-0.1, -0.05) is 95.2 Å². The van der Waals surface area contributed by atoms with Crippen LogP contribution in [-0.2, 0) is 4.79 Å². The van der Waals surface area contributed by atoms with Crippen molar-refractivity contribution in [1.82, 2.24) is 0 Å². The normalized spacial score (nSPS) is 12.9. The van der Waals surface area contributed by atoms with Crippen LogP contribution in [0.15, 0.2) is 37.0 Å². The monoisotopic (exact) mass is 320 g/mol. The van der Waals surface area contributed by atoms with Crippen molar-refractivity contribution in [3.05, 3.63) is 37.0 Å². The van der Waals surface area contributed by atoms with Gasteiger partial charge in [0.2, 0.25) is 0 Å². The van der Waals surface area contributed by atoms with E-state index in [0.717, 1.165) is 32.1 Å². The number of hydrogen-bond donors (Lipinski definition) is 1. The van der Waals surface area contributed by atoms with E-state index in [9.17, 15) is 9.90 Å². The second kappa shape index (κ2) is 17.1. The van der Waals surface area contributed by atoms with Crippen LogP contribution in [0.25, 0.3) is 0 Å². The van der Waals surface area contributed by atoms with E-state index in [-0.39, 0.29) is 5.92 Å². The Hall–Kier alpha value is -1.31. The Morgan fingerprint density at radius 1 is 0.913 bits per heavy atom. The van der Waals surface area contributed by atoms with Gasteiger partial charge in [-0.25, -0.2) is 0 Å². The average molecular weight is 321 g/mol. The summed E-state index contributed by atoms with van der Waals surface area (Å²) in [6, 6.07) is 0. The Morgan fingerprint density at radius 2 is 1.52 bits per heavy atom. The maximum absolute atomic E-state index is 11.3. The van der Waals surface area contributed by atoms with Crippen molar-refractivity contribution in [2.24, 2.45) is 5.92 Å². The molecule has 2 heteroatoms. The van der Waals surface area contributed by atoms with Gasteiger partial charge >= 0.3 is 5.97 Å². The summed E-state index contributed by atoms with van der Waals surface area (Å²) in [6.45, 7) is 5.81. The summed E-state index contributed by atoms with van der Waals surface area (Å²) in [6.07, 6.45) is 23.4. The number of carboxylic acids is 1. The van der Waals surface area contributed by atoms with E-state index in [0.29, 0.717) is 0 Å². The average Bonchev–Trinajstić information content (AvgIpc) is 2.54. The second-order valence-electron chi connectivity index (χ2n) is 6.28. The fourth-order valence-electron chi connectivity index (χ4n) is 2.71. The summed E-state index contributed by atoms with van der Waals surface area (Å²) < 4.78 is 0. The SMILES string of the molecule is C=CC=CC=CCCCCCCCC(CCCCCC)C(=O)O. The minimum Gasteiger partial charge on any atom is -0.481 e. The largest absolute Gasteiger partial charge is 0.481 e. The quantitative estimate of drug-likeness (QED) is 0.254. The van der Waals surface area contributed by atoms with Crippen molar-refractivity contribution in [2.45, 2.75) is 84.0 Å². The van der Waals surface area contributed by atoms with Crippen molar-refractivity contribution in [3.8, 4) is 0 Å². The van der Waals surface area contributed by atoms with Crippen LogP contribution >= 0.6 is 0 Å². The van der Waals surface area contributed by atoms with Gasteiger partial charge < -0.3 is 5.11 Å². The zero-order valence-corrected chi connectivity index (χ0v) is 15.0. The molecule has 0 aromatic carbocycles. The summed E-state index contributed by atoms with van der Waals surface area (Å²) >= 11 is 0. The smallest absolute Gasteiger partial charge is 0.306 e. The molecule has 0 fully saturated rings. The number of carbonyl (C=O) groups is 1. The van der Waals surface area contributed by atoms with Crippen LogP contribution in [0.3, 0.4) is 0 Å².